The number of carboxylic acid groups (broad SMARTS) is 1. The Labute approximate surface area is 186 Å². The molecule has 0 bridgehead atoms. The maximum atomic E-state index is 14.1. The highest BCUT2D eigenvalue weighted by molar-refractivity contribution is 5.96. The van der Waals surface area contributed by atoms with Crippen LogP contribution >= 0.6 is 0 Å². The molecule has 1 aliphatic heterocycles. The van der Waals surface area contributed by atoms with Gasteiger partial charge in [0.1, 0.15) is 12.4 Å². The largest absolute Gasteiger partial charge is 0.489 e. The first kappa shape index (κ1) is 23.7. The van der Waals surface area contributed by atoms with Crippen molar-refractivity contribution >= 4 is 17.6 Å². The molecular weight excluding hydrogens is 418 g/mol. The highest BCUT2D eigenvalue weighted by Gasteiger charge is 2.35. The molecule has 2 aromatic carbocycles. The van der Waals surface area contributed by atoms with Gasteiger partial charge >= 0.3 is 5.97 Å². The summed E-state index contributed by atoms with van der Waals surface area (Å²) in [4.78, 5) is 24.6. The van der Waals surface area contributed by atoms with Crippen LogP contribution in [0.4, 0.5) is 14.5 Å². The van der Waals surface area contributed by atoms with Crippen molar-refractivity contribution in [1.82, 2.24) is 5.32 Å². The number of carbonyl (C=O) groups excluding carboxylic acids is 1. The SMILES string of the molecule is CC(C)C(F)(F)c1ccc(COc2ccc3c(c2)CCN3C(=O)CNCCC(=O)O)cc1. The van der Waals surface area contributed by atoms with Crippen molar-refractivity contribution in [2.24, 2.45) is 5.92 Å². The fourth-order valence-electron chi connectivity index (χ4n) is 3.54. The van der Waals surface area contributed by atoms with Crippen LogP contribution in [0.2, 0.25) is 0 Å². The fraction of sp³-hybridized carbons (Fsp3) is 0.417. The second-order valence-electron chi connectivity index (χ2n) is 8.17. The van der Waals surface area contributed by atoms with Gasteiger partial charge in [0.05, 0.1) is 13.0 Å². The van der Waals surface area contributed by atoms with Gasteiger partial charge in [0.15, 0.2) is 0 Å². The number of fused-ring (bicyclic) bond motifs is 1. The van der Waals surface area contributed by atoms with Crippen LogP contribution in [-0.4, -0.2) is 36.6 Å². The molecule has 0 unspecified atom stereocenters. The number of carboxylic acids is 1. The Balaban J connectivity index is 1.56. The molecule has 0 radical (unpaired) electrons. The molecule has 0 fully saturated rings. The van der Waals surface area contributed by atoms with Crippen molar-refractivity contribution in [3.8, 4) is 5.75 Å². The maximum absolute atomic E-state index is 14.1. The number of aliphatic carboxylic acids is 1. The van der Waals surface area contributed by atoms with Gasteiger partial charge in [0, 0.05) is 30.3 Å². The lowest BCUT2D eigenvalue weighted by Crippen LogP contribution is -2.37. The summed E-state index contributed by atoms with van der Waals surface area (Å²) in [5, 5.41) is 11.5. The van der Waals surface area contributed by atoms with E-state index in [4.69, 9.17) is 9.84 Å². The van der Waals surface area contributed by atoms with Crippen LogP contribution in [0, 0.1) is 5.92 Å². The minimum absolute atomic E-state index is 0.00371. The summed E-state index contributed by atoms with van der Waals surface area (Å²) in [6, 6.07) is 11.7. The minimum atomic E-state index is -2.87. The average Bonchev–Trinajstić information content (AvgIpc) is 3.18. The van der Waals surface area contributed by atoms with Gasteiger partial charge in [-0.15, -0.1) is 0 Å². The van der Waals surface area contributed by atoms with Crippen molar-refractivity contribution in [3.05, 3.63) is 59.2 Å². The molecule has 172 valence electrons. The zero-order valence-electron chi connectivity index (χ0n) is 18.2. The molecule has 0 aliphatic carbocycles. The standard InChI is InChI=1S/C24H28F2N2O4/c1-16(2)24(25,26)19-5-3-17(4-6-19)15-32-20-7-8-21-18(13-20)10-12-28(21)22(29)14-27-11-9-23(30)31/h3-8,13,16,27H,9-12,14-15H2,1-2H3,(H,30,31). The summed E-state index contributed by atoms with van der Waals surface area (Å²) in [5.41, 5.74) is 2.60. The number of halogens is 2. The number of hydrogen-bond acceptors (Lipinski definition) is 4. The summed E-state index contributed by atoms with van der Waals surface area (Å²) < 4.78 is 34.0. The van der Waals surface area contributed by atoms with Gasteiger partial charge in [0.2, 0.25) is 5.91 Å². The van der Waals surface area contributed by atoms with Crippen molar-refractivity contribution in [3.63, 3.8) is 0 Å². The molecule has 2 aromatic rings. The molecule has 32 heavy (non-hydrogen) atoms. The molecule has 0 saturated heterocycles. The summed E-state index contributed by atoms with van der Waals surface area (Å²) >= 11 is 0. The van der Waals surface area contributed by atoms with E-state index in [2.05, 4.69) is 5.32 Å². The molecule has 2 N–H and O–H groups in total. The smallest absolute Gasteiger partial charge is 0.304 e. The van der Waals surface area contributed by atoms with Gasteiger partial charge in [-0.1, -0.05) is 38.1 Å². The van der Waals surface area contributed by atoms with Crippen LogP contribution in [0.3, 0.4) is 0 Å². The summed E-state index contributed by atoms with van der Waals surface area (Å²) in [6.07, 6.45) is 0.666. The zero-order valence-corrected chi connectivity index (χ0v) is 18.2. The Kier molecular flexibility index (Phi) is 7.45. The molecule has 0 atom stereocenters. The molecule has 8 heteroatoms. The quantitative estimate of drug-likeness (QED) is 0.540. The first-order valence-electron chi connectivity index (χ1n) is 10.6. The van der Waals surface area contributed by atoms with Crippen LogP contribution < -0.4 is 15.0 Å². The number of benzene rings is 2. The van der Waals surface area contributed by atoms with Crippen LogP contribution in [0.5, 0.6) is 5.75 Å². The monoisotopic (exact) mass is 446 g/mol. The molecule has 1 aliphatic rings. The highest BCUT2D eigenvalue weighted by atomic mass is 19.3. The molecule has 6 nitrogen and oxygen atoms in total. The number of alkyl halides is 2. The van der Waals surface area contributed by atoms with Gasteiger partial charge in [0.25, 0.3) is 5.92 Å². The lowest BCUT2D eigenvalue weighted by atomic mass is 9.97. The van der Waals surface area contributed by atoms with E-state index in [9.17, 15) is 18.4 Å². The third-order valence-electron chi connectivity index (χ3n) is 5.51. The summed E-state index contributed by atoms with van der Waals surface area (Å²) in [6.45, 7) is 4.12. The number of nitrogens with one attached hydrogen (secondary N) is 1. The third kappa shape index (κ3) is 5.62. The Morgan fingerprint density at radius 1 is 1.19 bits per heavy atom. The van der Waals surface area contributed by atoms with Crippen LogP contribution in [0.25, 0.3) is 0 Å². The van der Waals surface area contributed by atoms with E-state index in [1.165, 1.54) is 26.0 Å². The van der Waals surface area contributed by atoms with E-state index in [1.54, 1.807) is 23.1 Å². The van der Waals surface area contributed by atoms with E-state index in [1.807, 2.05) is 12.1 Å². The Bertz CT molecular complexity index is 961. The van der Waals surface area contributed by atoms with Crippen molar-refractivity contribution in [2.75, 3.05) is 24.5 Å². The molecule has 0 saturated carbocycles. The first-order chi connectivity index (χ1) is 15.2. The third-order valence-corrected chi connectivity index (χ3v) is 5.51. The van der Waals surface area contributed by atoms with Gasteiger partial charge in [-0.05, 0) is 35.7 Å². The highest BCUT2D eigenvalue weighted by Crippen LogP contribution is 2.36. The topological polar surface area (TPSA) is 78.9 Å². The molecular formula is C24H28F2N2O4. The predicted molar refractivity (Wildman–Crippen MR) is 117 cm³/mol. The van der Waals surface area contributed by atoms with Crippen molar-refractivity contribution in [2.45, 2.75) is 39.2 Å². The predicted octanol–water partition coefficient (Wildman–Crippen LogP) is 3.97. The van der Waals surface area contributed by atoms with Gasteiger partial charge in [-0.25, -0.2) is 8.78 Å². The Morgan fingerprint density at radius 3 is 2.56 bits per heavy atom. The number of anilines is 1. The Hall–Kier alpha value is -3.00. The van der Waals surface area contributed by atoms with E-state index in [-0.39, 0.29) is 37.6 Å². The second kappa shape index (κ2) is 10.1. The molecule has 1 heterocycles. The maximum Gasteiger partial charge on any atom is 0.304 e. The van der Waals surface area contributed by atoms with Crippen LogP contribution in [-0.2, 0) is 28.5 Å². The van der Waals surface area contributed by atoms with E-state index < -0.39 is 17.8 Å². The molecule has 3 rings (SSSR count). The lowest BCUT2D eigenvalue weighted by molar-refractivity contribution is -0.137. The normalized spacial score (nSPS) is 13.3. The second-order valence-corrected chi connectivity index (χ2v) is 8.17. The number of carbonyl (C=O) groups is 2. The average molecular weight is 446 g/mol. The minimum Gasteiger partial charge on any atom is -0.489 e. The number of hydrogen-bond donors (Lipinski definition) is 2. The number of amides is 1. The zero-order chi connectivity index (χ0) is 23.3. The molecule has 0 aromatic heterocycles. The number of rotatable bonds is 10. The lowest BCUT2D eigenvalue weighted by Gasteiger charge is -2.21. The molecule has 0 spiro atoms. The van der Waals surface area contributed by atoms with Crippen LogP contribution in [0.1, 0.15) is 37.0 Å². The van der Waals surface area contributed by atoms with Gasteiger partial charge < -0.3 is 20.1 Å². The van der Waals surface area contributed by atoms with Gasteiger partial charge in [-0.2, -0.15) is 0 Å². The molecule has 1 amide bonds. The van der Waals surface area contributed by atoms with Crippen LogP contribution in [0.15, 0.2) is 42.5 Å². The Morgan fingerprint density at radius 2 is 1.91 bits per heavy atom. The van der Waals surface area contributed by atoms with Crippen molar-refractivity contribution in [1.29, 1.82) is 0 Å². The number of nitrogens with zero attached hydrogens (tertiary/aromatic N) is 1. The summed E-state index contributed by atoms with van der Waals surface area (Å²) in [5.74, 6) is -4.01. The first-order valence-corrected chi connectivity index (χ1v) is 10.6. The number of ether oxygens (including phenoxy) is 1. The van der Waals surface area contributed by atoms with Crippen molar-refractivity contribution < 1.29 is 28.2 Å². The summed E-state index contributed by atoms with van der Waals surface area (Å²) in [7, 11) is 0. The fourth-order valence-corrected chi connectivity index (χ4v) is 3.54. The van der Waals surface area contributed by atoms with E-state index >= 15 is 0 Å². The van der Waals surface area contributed by atoms with E-state index in [0.29, 0.717) is 18.7 Å². The van der Waals surface area contributed by atoms with E-state index in [0.717, 1.165) is 16.8 Å². The van der Waals surface area contributed by atoms with Gasteiger partial charge in [-0.3, -0.25) is 9.59 Å².